The van der Waals surface area contributed by atoms with Crippen LogP contribution in [0.1, 0.15) is 58.8 Å². The molecule has 0 aromatic heterocycles. The first-order valence-electron chi connectivity index (χ1n) is 8.24. The van der Waals surface area contributed by atoms with E-state index in [9.17, 15) is 0 Å². The van der Waals surface area contributed by atoms with Gasteiger partial charge in [-0.05, 0) is 39.5 Å². The molecular weight excluding hydrogens is 236 g/mol. The topological polar surface area (TPSA) is 24.5 Å². The van der Waals surface area contributed by atoms with Crippen LogP contribution in [0.15, 0.2) is 0 Å². The van der Waals surface area contributed by atoms with Crippen molar-refractivity contribution in [3.05, 3.63) is 0 Å². The first-order valence-corrected chi connectivity index (χ1v) is 8.24. The number of rotatable bonds is 2. The van der Waals surface area contributed by atoms with Gasteiger partial charge in [-0.2, -0.15) is 0 Å². The van der Waals surface area contributed by atoms with Gasteiger partial charge in [-0.1, -0.05) is 19.3 Å². The second-order valence-corrected chi connectivity index (χ2v) is 7.38. The fraction of sp³-hybridized carbons (Fsp3) is 1.00. The van der Waals surface area contributed by atoms with Crippen molar-refractivity contribution in [2.45, 2.75) is 76.0 Å². The van der Waals surface area contributed by atoms with Gasteiger partial charge in [0.1, 0.15) is 0 Å². The van der Waals surface area contributed by atoms with Crippen LogP contribution in [-0.4, -0.2) is 48.3 Å². The standard InChI is InChI=1S/C16H30N2O/c1-14-11-17-16(8-4-3-5-9-16)13-18(14)12-15(2)7-6-10-19-15/h14,17H,3-13H2,1-2H3. The van der Waals surface area contributed by atoms with E-state index in [0.717, 1.165) is 19.7 Å². The van der Waals surface area contributed by atoms with Crippen LogP contribution in [-0.2, 0) is 4.74 Å². The Balaban J connectivity index is 1.65. The molecule has 2 atom stereocenters. The second kappa shape index (κ2) is 5.34. The Labute approximate surface area is 118 Å². The van der Waals surface area contributed by atoms with E-state index in [0.29, 0.717) is 11.6 Å². The minimum atomic E-state index is 0.113. The molecule has 0 radical (unpaired) electrons. The van der Waals surface area contributed by atoms with E-state index < -0.39 is 0 Å². The van der Waals surface area contributed by atoms with Crippen molar-refractivity contribution in [2.24, 2.45) is 0 Å². The van der Waals surface area contributed by atoms with E-state index in [1.807, 2.05) is 0 Å². The van der Waals surface area contributed by atoms with E-state index >= 15 is 0 Å². The van der Waals surface area contributed by atoms with Crippen molar-refractivity contribution in [3.63, 3.8) is 0 Å². The lowest BCUT2D eigenvalue weighted by Crippen LogP contribution is -2.65. The quantitative estimate of drug-likeness (QED) is 0.831. The van der Waals surface area contributed by atoms with E-state index in [1.165, 1.54) is 51.5 Å². The van der Waals surface area contributed by atoms with Gasteiger partial charge in [0.15, 0.2) is 0 Å². The molecule has 3 aliphatic rings. The summed E-state index contributed by atoms with van der Waals surface area (Å²) in [5.74, 6) is 0. The highest BCUT2D eigenvalue weighted by molar-refractivity contribution is 5.00. The average Bonchev–Trinajstić information content (AvgIpc) is 2.82. The molecule has 2 heterocycles. The van der Waals surface area contributed by atoms with Crippen LogP contribution in [0.3, 0.4) is 0 Å². The summed E-state index contributed by atoms with van der Waals surface area (Å²) < 4.78 is 6.01. The van der Waals surface area contributed by atoms with Crippen LogP contribution in [0.25, 0.3) is 0 Å². The van der Waals surface area contributed by atoms with Crippen LogP contribution < -0.4 is 5.32 Å². The van der Waals surface area contributed by atoms with Crippen molar-refractivity contribution in [2.75, 3.05) is 26.2 Å². The number of piperazine rings is 1. The molecule has 3 fully saturated rings. The maximum atomic E-state index is 6.01. The van der Waals surface area contributed by atoms with Crippen molar-refractivity contribution >= 4 is 0 Å². The van der Waals surface area contributed by atoms with Gasteiger partial charge < -0.3 is 10.1 Å². The molecule has 0 amide bonds. The predicted molar refractivity (Wildman–Crippen MR) is 78.4 cm³/mol. The van der Waals surface area contributed by atoms with Gasteiger partial charge in [0.25, 0.3) is 0 Å². The summed E-state index contributed by atoms with van der Waals surface area (Å²) in [5, 5.41) is 3.87. The van der Waals surface area contributed by atoms with Gasteiger partial charge in [-0.3, -0.25) is 4.90 Å². The molecule has 3 rings (SSSR count). The highest BCUT2D eigenvalue weighted by Gasteiger charge is 2.41. The summed E-state index contributed by atoms with van der Waals surface area (Å²) in [7, 11) is 0. The Kier molecular flexibility index (Phi) is 3.89. The fourth-order valence-corrected chi connectivity index (χ4v) is 4.26. The molecule has 1 spiro atoms. The molecule has 2 aliphatic heterocycles. The summed E-state index contributed by atoms with van der Waals surface area (Å²) in [6, 6.07) is 0.647. The summed E-state index contributed by atoms with van der Waals surface area (Å²) >= 11 is 0. The van der Waals surface area contributed by atoms with Crippen molar-refractivity contribution in [1.29, 1.82) is 0 Å². The molecule has 2 saturated heterocycles. The van der Waals surface area contributed by atoms with Gasteiger partial charge in [-0.25, -0.2) is 0 Å². The second-order valence-electron chi connectivity index (χ2n) is 7.38. The van der Waals surface area contributed by atoms with E-state index in [1.54, 1.807) is 0 Å². The molecule has 1 aliphatic carbocycles. The van der Waals surface area contributed by atoms with Crippen LogP contribution in [0.2, 0.25) is 0 Å². The zero-order chi connectivity index (χ0) is 13.3. The summed E-state index contributed by atoms with van der Waals surface area (Å²) in [4.78, 5) is 2.70. The fourth-order valence-electron chi connectivity index (χ4n) is 4.26. The van der Waals surface area contributed by atoms with Crippen LogP contribution in [0.4, 0.5) is 0 Å². The van der Waals surface area contributed by atoms with Gasteiger partial charge in [-0.15, -0.1) is 0 Å². The maximum absolute atomic E-state index is 6.01. The number of nitrogens with zero attached hydrogens (tertiary/aromatic N) is 1. The third-order valence-corrected chi connectivity index (χ3v) is 5.55. The molecule has 3 nitrogen and oxygen atoms in total. The molecule has 0 aromatic carbocycles. The zero-order valence-corrected chi connectivity index (χ0v) is 12.7. The first kappa shape index (κ1) is 13.8. The molecule has 0 bridgehead atoms. The van der Waals surface area contributed by atoms with Crippen molar-refractivity contribution in [3.8, 4) is 0 Å². The predicted octanol–water partition coefficient (Wildman–Crippen LogP) is 2.55. The lowest BCUT2D eigenvalue weighted by Gasteiger charge is -2.50. The third kappa shape index (κ3) is 2.98. The smallest absolute Gasteiger partial charge is 0.0781 e. The highest BCUT2D eigenvalue weighted by atomic mass is 16.5. The molecule has 0 aromatic rings. The van der Waals surface area contributed by atoms with E-state index in [4.69, 9.17) is 4.74 Å². The van der Waals surface area contributed by atoms with Gasteiger partial charge >= 0.3 is 0 Å². The lowest BCUT2D eigenvalue weighted by atomic mass is 9.79. The first-order chi connectivity index (χ1) is 9.11. The van der Waals surface area contributed by atoms with Crippen LogP contribution in [0.5, 0.6) is 0 Å². The Bertz CT molecular complexity index is 306. The minimum absolute atomic E-state index is 0.113. The van der Waals surface area contributed by atoms with Gasteiger partial charge in [0, 0.05) is 37.8 Å². The molecule has 19 heavy (non-hydrogen) atoms. The lowest BCUT2D eigenvalue weighted by molar-refractivity contribution is -0.0386. The highest BCUT2D eigenvalue weighted by Crippen LogP contribution is 2.34. The van der Waals surface area contributed by atoms with Gasteiger partial charge in [0.2, 0.25) is 0 Å². The number of hydrogen-bond donors (Lipinski definition) is 1. The molecule has 2 unspecified atom stereocenters. The van der Waals surface area contributed by atoms with Crippen molar-refractivity contribution in [1.82, 2.24) is 10.2 Å². The summed E-state index contributed by atoms with van der Waals surface area (Å²) in [6.45, 7) is 9.13. The Morgan fingerprint density at radius 2 is 1.95 bits per heavy atom. The van der Waals surface area contributed by atoms with Crippen molar-refractivity contribution < 1.29 is 4.74 Å². The SMILES string of the molecule is CC1CNC2(CCCCC2)CN1CC1(C)CCCO1. The molecule has 110 valence electrons. The number of nitrogens with one attached hydrogen (secondary N) is 1. The third-order valence-electron chi connectivity index (χ3n) is 5.55. The molecule has 1 N–H and O–H groups in total. The zero-order valence-electron chi connectivity index (χ0n) is 12.7. The average molecular weight is 266 g/mol. The van der Waals surface area contributed by atoms with Crippen LogP contribution >= 0.6 is 0 Å². The van der Waals surface area contributed by atoms with E-state index in [-0.39, 0.29) is 5.60 Å². The number of hydrogen-bond acceptors (Lipinski definition) is 3. The van der Waals surface area contributed by atoms with E-state index in [2.05, 4.69) is 24.1 Å². The van der Waals surface area contributed by atoms with Gasteiger partial charge in [0.05, 0.1) is 5.60 Å². The Hall–Kier alpha value is -0.120. The maximum Gasteiger partial charge on any atom is 0.0781 e. The monoisotopic (exact) mass is 266 g/mol. The number of ether oxygens (including phenoxy) is 1. The Morgan fingerprint density at radius 1 is 1.16 bits per heavy atom. The molecule has 1 saturated carbocycles. The Morgan fingerprint density at radius 3 is 2.63 bits per heavy atom. The minimum Gasteiger partial charge on any atom is -0.374 e. The van der Waals surface area contributed by atoms with Crippen LogP contribution in [0, 0.1) is 0 Å². The summed E-state index contributed by atoms with van der Waals surface area (Å²) in [6.07, 6.45) is 9.45. The molecule has 3 heteroatoms. The largest absolute Gasteiger partial charge is 0.374 e. The normalized spacial score (nSPS) is 39.8. The summed E-state index contributed by atoms with van der Waals surface area (Å²) in [5.41, 5.74) is 0.529. The molecular formula is C16H30N2O.